The lowest BCUT2D eigenvalue weighted by atomic mass is 9.79. The van der Waals surface area contributed by atoms with Gasteiger partial charge in [0.2, 0.25) is 0 Å². The standard InChI is InChI=1S/C9H14F2/c1-6-4-7(5-6)8(10)9(2,3)11/h4,7-8H,5H2,1-3H3. The van der Waals surface area contributed by atoms with E-state index in [0.29, 0.717) is 6.42 Å². The van der Waals surface area contributed by atoms with Crippen LogP contribution in [0.1, 0.15) is 27.2 Å². The minimum atomic E-state index is -1.69. The first kappa shape index (κ1) is 8.69. The summed E-state index contributed by atoms with van der Waals surface area (Å²) in [5, 5.41) is 0. The van der Waals surface area contributed by atoms with E-state index in [-0.39, 0.29) is 5.92 Å². The van der Waals surface area contributed by atoms with Crippen LogP contribution in [0.25, 0.3) is 0 Å². The third-order valence-electron chi connectivity index (χ3n) is 2.09. The van der Waals surface area contributed by atoms with Crippen LogP contribution in [-0.4, -0.2) is 11.8 Å². The van der Waals surface area contributed by atoms with E-state index in [9.17, 15) is 8.78 Å². The molecule has 64 valence electrons. The Morgan fingerprint density at radius 2 is 2.09 bits per heavy atom. The molecule has 11 heavy (non-hydrogen) atoms. The Morgan fingerprint density at radius 1 is 1.64 bits per heavy atom. The van der Waals surface area contributed by atoms with Gasteiger partial charge in [0.25, 0.3) is 0 Å². The van der Waals surface area contributed by atoms with Crippen LogP contribution >= 0.6 is 0 Å². The summed E-state index contributed by atoms with van der Waals surface area (Å²) in [6.45, 7) is 4.52. The van der Waals surface area contributed by atoms with Crippen LogP contribution in [0.5, 0.6) is 0 Å². The molecule has 0 heterocycles. The molecule has 0 radical (unpaired) electrons. The Morgan fingerprint density at radius 3 is 2.36 bits per heavy atom. The fraction of sp³-hybridized carbons (Fsp3) is 0.778. The monoisotopic (exact) mass is 160 g/mol. The molecule has 0 bridgehead atoms. The minimum Gasteiger partial charge on any atom is -0.243 e. The van der Waals surface area contributed by atoms with Crippen molar-refractivity contribution in [2.45, 2.75) is 39.0 Å². The lowest BCUT2D eigenvalue weighted by Gasteiger charge is -2.31. The summed E-state index contributed by atoms with van der Waals surface area (Å²) in [6.07, 6.45) is 1.19. The Kier molecular flexibility index (Phi) is 2.04. The number of alkyl halides is 2. The van der Waals surface area contributed by atoms with Crippen molar-refractivity contribution in [3.8, 4) is 0 Å². The number of rotatable bonds is 2. The average molecular weight is 160 g/mol. The Bertz CT molecular complexity index is 176. The van der Waals surface area contributed by atoms with E-state index in [4.69, 9.17) is 0 Å². The van der Waals surface area contributed by atoms with E-state index >= 15 is 0 Å². The predicted octanol–water partition coefficient (Wildman–Crippen LogP) is 3.04. The number of hydrogen-bond donors (Lipinski definition) is 0. The number of hydrogen-bond acceptors (Lipinski definition) is 0. The van der Waals surface area contributed by atoms with Crippen molar-refractivity contribution in [1.29, 1.82) is 0 Å². The van der Waals surface area contributed by atoms with Crippen LogP contribution in [0.4, 0.5) is 8.78 Å². The van der Waals surface area contributed by atoms with E-state index in [2.05, 4.69) is 0 Å². The summed E-state index contributed by atoms with van der Waals surface area (Å²) in [5.74, 6) is -0.185. The molecule has 0 amide bonds. The lowest BCUT2D eigenvalue weighted by molar-refractivity contribution is 0.0509. The zero-order chi connectivity index (χ0) is 8.65. The van der Waals surface area contributed by atoms with E-state index in [0.717, 1.165) is 0 Å². The van der Waals surface area contributed by atoms with Crippen molar-refractivity contribution < 1.29 is 8.78 Å². The maximum absolute atomic E-state index is 13.1. The van der Waals surface area contributed by atoms with Crippen LogP contribution in [0.3, 0.4) is 0 Å². The molecular formula is C9H14F2. The van der Waals surface area contributed by atoms with Crippen LogP contribution in [-0.2, 0) is 0 Å². The van der Waals surface area contributed by atoms with E-state index in [1.165, 1.54) is 19.4 Å². The van der Waals surface area contributed by atoms with Crippen LogP contribution in [0.2, 0.25) is 0 Å². The number of allylic oxidation sites excluding steroid dienone is 2. The van der Waals surface area contributed by atoms with Crippen molar-refractivity contribution >= 4 is 0 Å². The van der Waals surface area contributed by atoms with Gasteiger partial charge in [0.05, 0.1) is 0 Å². The average Bonchev–Trinajstić information content (AvgIpc) is 1.77. The summed E-state index contributed by atoms with van der Waals surface area (Å²) in [6, 6.07) is 0. The highest BCUT2D eigenvalue weighted by atomic mass is 19.2. The van der Waals surface area contributed by atoms with Gasteiger partial charge in [0.15, 0.2) is 0 Å². The van der Waals surface area contributed by atoms with Gasteiger partial charge in [-0.05, 0) is 27.2 Å². The third kappa shape index (κ3) is 1.79. The molecule has 0 aromatic heterocycles. The summed E-state index contributed by atoms with van der Waals surface area (Å²) >= 11 is 0. The third-order valence-corrected chi connectivity index (χ3v) is 2.09. The fourth-order valence-corrected chi connectivity index (χ4v) is 1.40. The van der Waals surface area contributed by atoms with Gasteiger partial charge >= 0.3 is 0 Å². The van der Waals surface area contributed by atoms with Crippen molar-refractivity contribution in [2.75, 3.05) is 0 Å². The Labute approximate surface area is 66.3 Å². The van der Waals surface area contributed by atoms with Crippen molar-refractivity contribution in [3.63, 3.8) is 0 Å². The molecule has 0 aromatic carbocycles. The summed E-state index contributed by atoms with van der Waals surface area (Å²) in [4.78, 5) is 0. The first-order valence-corrected chi connectivity index (χ1v) is 3.91. The normalized spacial score (nSPS) is 27.4. The van der Waals surface area contributed by atoms with Gasteiger partial charge in [0, 0.05) is 5.92 Å². The van der Waals surface area contributed by atoms with E-state index in [1.54, 1.807) is 0 Å². The molecule has 0 fully saturated rings. The van der Waals surface area contributed by atoms with Crippen LogP contribution < -0.4 is 0 Å². The second-order valence-electron chi connectivity index (χ2n) is 3.85. The number of halogens is 2. The van der Waals surface area contributed by atoms with Gasteiger partial charge in [-0.25, -0.2) is 8.78 Å². The fourth-order valence-electron chi connectivity index (χ4n) is 1.40. The second kappa shape index (κ2) is 2.58. The molecule has 2 heteroatoms. The molecule has 0 spiro atoms. The summed E-state index contributed by atoms with van der Waals surface area (Å²) in [5.41, 5.74) is -0.524. The molecule has 0 saturated heterocycles. The second-order valence-corrected chi connectivity index (χ2v) is 3.85. The maximum Gasteiger partial charge on any atom is 0.140 e. The first-order valence-electron chi connectivity index (χ1n) is 3.91. The van der Waals surface area contributed by atoms with Gasteiger partial charge in [0.1, 0.15) is 11.8 Å². The lowest BCUT2D eigenvalue weighted by Crippen LogP contribution is -2.36. The smallest absolute Gasteiger partial charge is 0.140 e. The van der Waals surface area contributed by atoms with Crippen molar-refractivity contribution in [2.24, 2.45) is 5.92 Å². The predicted molar refractivity (Wildman–Crippen MR) is 41.9 cm³/mol. The molecule has 0 aliphatic heterocycles. The van der Waals surface area contributed by atoms with E-state index in [1.807, 2.05) is 13.0 Å². The summed E-state index contributed by atoms with van der Waals surface area (Å²) < 4.78 is 26.1. The zero-order valence-corrected chi connectivity index (χ0v) is 7.20. The van der Waals surface area contributed by atoms with Crippen molar-refractivity contribution in [1.82, 2.24) is 0 Å². The van der Waals surface area contributed by atoms with E-state index < -0.39 is 11.8 Å². The van der Waals surface area contributed by atoms with Gasteiger partial charge in [-0.2, -0.15) is 0 Å². The Hall–Kier alpha value is -0.400. The highest BCUT2D eigenvalue weighted by molar-refractivity contribution is 5.17. The first-order chi connectivity index (χ1) is 4.91. The van der Waals surface area contributed by atoms with Gasteiger partial charge in [-0.1, -0.05) is 11.6 Å². The molecule has 1 aliphatic carbocycles. The van der Waals surface area contributed by atoms with Gasteiger partial charge in [-0.3, -0.25) is 0 Å². The molecule has 0 nitrogen and oxygen atoms in total. The highest BCUT2D eigenvalue weighted by Gasteiger charge is 2.37. The molecule has 1 aliphatic rings. The molecule has 2 atom stereocenters. The minimum absolute atomic E-state index is 0.185. The van der Waals surface area contributed by atoms with Crippen LogP contribution in [0, 0.1) is 5.92 Å². The summed E-state index contributed by atoms with van der Waals surface area (Å²) in [7, 11) is 0. The molecule has 2 unspecified atom stereocenters. The SMILES string of the molecule is CC1=CC(C(F)C(C)(C)F)C1. The molecule has 0 aromatic rings. The van der Waals surface area contributed by atoms with Gasteiger partial charge < -0.3 is 0 Å². The molecular weight excluding hydrogens is 146 g/mol. The topological polar surface area (TPSA) is 0 Å². The van der Waals surface area contributed by atoms with Crippen LogP contribution in [0.15, 0.2) is 11.6 Å². The molecule has 0 saturated carbocycles. The maximum atomic E-state index is 13.1. The molecule has 1 rings (SSSR count). The van der Waals surface area contributed by atoms with Gasteiger partial charge in [-0.15, -0.1) is 0 Å². The highest BCUT2D eigenvalue weighted by Crippen LogP contribution is 2.35. The zero-order valence-electron chi connectivity index (χ0n) is 7.20. The Balaban J connectivity index is 2.51. The quantitative estimate of drug-likeness (QED) is 0.545. The molecule has 0 N–H and O–H groups in total. The largest absolute Gasteiger partial charge is 0.243 e. The van der Waals surface area contributed by atoms with Crippen molar-refractivity contribution in [3.05, 3.63) is 11.6 Å².